The molecule has 1 unspecified atom stereocenters. The quantitative estimate of drug-likeness (QED) is 0.399. The van der Waals surface area contributed by atoms with E-state index in [2.05, 4.69) is 9.97 Å². The van der Waals surface area contributed by atoms with Crippen molar-refractivity contribution in [2.45, 2.75) is 13.0 Å². The van der Waals surface area contributed by atoms with Gasteiger partial charge in [-0.3, -0.25) is 19.5 Å². The van der Waals surface area contributed by atoms with Gasteiger partial charge in [0.1, 0.15) is 10.8 Å². The molecule has 0 aliphatic carbocycles. The van der Waals surface area contributed by atoms with Gasteiger partial charge < -0.3 is 10.2 Å². The summed E-state index contributed by atoms with van der Waals surface area (Å²) >= 11 is 1.21. The molecular formula is C26H19N3O4S. The molecule has 168 valence electrons. The van der Waals surface area contributed by atoms with E-state index < -0.39 is 23.5 Å². The second-order valence-electron chi connectivity index (χ2n) is 7.74. The van der Waals surface area contributed by atoms with Crippen molar-refractivity contribution in [3.8, 4) is 16.3 Å². The molecule has 0 saturated carbocycles. The van der Waals surface area contributed by atoms with E-state index >= 15 is 0 Å². The van der Waals surface area contributed by atoms with Crippen LogP contribution >= 0.6 is 11.3 Å². The van der Waals surface area contributed by atoms with Crippen LogP contribution in [0.4, 0.5) is 5.69 Å². The Morgan fingerprint density at radius 3 is 2.35 bits per heavy atom. The van der Waals surface area contributed by atoms with Crippen molar-refractivity contribution in [1.82, 2.24) is 9.97 Å². The van der Waals surface area contributed by atoms with Crippen molar-refractivity contribution >= 4 is 28.7 Å². The van der Waals surface area contributed by atoms with Gasteiger partial charge in [-0.2, -0.15) is 0 Å². The maximum atomic E-state index is 13.8. The summed E-state index contributed by atoms with van der Waals surface area (Å²) in [4.78, 5) is 37.2. The zero-order chi connectivity index (χ0) is 23.8. The van der Waals surface area contributed by atoms with E-state index in [0.717, 1.165) is 5.56 Å². The molecular weight excluding hydrogens is 450 g/mol. The summed E-state index contributed by atoms with van der Waals surface area (Å²) in [6.45, 7) is 1.73. The van der Waals surface area contributed by atoms with Crippen LogP contribution in [0, 0.1) is 6.92 Å². The first kappa shape index (κ1) is 21.5. The lowest BCUT2D eigenvalue weighted by atomic mass is 9.95. The number of aliphatic hydroxyl groups excluding tert-OH is 1. The monoisotopic (exact) mass is 469 g/mol. The molecule has 2 N–H and O–H groups in total. The topological polar surface area (TPSA) is 104 Å². The number of aromatic hydroxyl groups is 1. The lowest BCUT2D eigenvalue weighted by molar-refractivity contribution is -0.117. The molecule has 1 amide bonds. The zero-order valence-electron chi connectivity index (χ0n) is 18.0. The van der Waals surface area contributed by atoms with Gasteiger partial charge in [0.05, 0.1) is 27.9 Å². The Labute approximate surface area is 199 Å². The molecule has 0 saturated heterocycles. The van der Waals surface area contributed by atoms with E-state index in [4.69, 9.17) is 0 Å². The third kappa shape index (κ3) is 3.54. The average Bonchev–Trinajstić information content (AvgIpc) is 3.38. The number of aromatic nitrogens is 2. The van der Waals surface area contributed by atoms with Crippen molar-refractivity contribution in [2.24, 2.45) is 0 Å². The third-order valence-electron chi connectivity index (χ3n) is 5.64. The number of aliphatic hydroxyl groups is 1. The normalized spacial score (nSPS) is 15.7. The number of hydrogen-bond acceptors (Lipinski definition) is 7. The number of rotatable bonds is 5. The van der Waals surface area contributed by atoms with E-state index in [1.54, 1.807) is 49.6 Å². The number of amides is 1. The van der Waals surface area contributed by atoms with Crippen molar-refractivity contribution in [2.75, 3.05) is 4.90 Å². The third-order valence-corrected chi connectivity index (χ3v) is 6.84. The predicted octanol–water partition coefficient (Wildman–Crippen LogP) is 5.00. The fraction of sp³-hybridized carbons (Fsp3) is 0.0769. The first-order valence-corrected chi connectivity index (χ1v) is 11.3. The van der Waals surface area contributed by atoms with Crippen molar-refractivity contribution in [3.05, 3.63) is 107 Å². The molecule has 7 nitrogen and oxygen atoms in total. The number of Topliss-reactive ketones (excluding diaryl/α,β-unsaturated/α-hetero) is 1. The summed E-state index contributed by atoms with van der Waals surface area (Å²) in [5.74, 6) is -2.04. The van der Waals surface area contributed by atoms with Crippen molar-refractivity contribution in [1.29, 1.82) is 0 Å². The molecule has 0 spiro atoms. The Balaban J connectivity index is 1.64. The van der Waals surface area contributed by atoms with Crippen LogP contribution in [0.3, 0.4) is 0 Å². The smallest absolute Gasteiger partial charge is 0.294 e. The maximum absolute atomic E-state index is 13.8. The molecule has 2 aromatic carbocycles. The summed E-state index contributed by atoms with van der Waals surface area (Å²) in [5.41, 5.74) is 2.08. The standard InChI is InChI=1S/C26H19N3O4S/c1-15-24(34-25(28-15)17-7-3-2-4-8-17)22(31)20-21(16-11-13-27-14-12-16)29(26(33)23(20)32)18-9-5-6-10-19(18)30/h2-14,21,30,32H,1H3. The number of aryl methyl sites for hydroxylation is 1. The van der Waals surface area contributed by atoms with E-state index in [1.165, 1.54) is 22.3 Å². The Morgan fingerprint density at radius 2 is 1.65 bits per heavy atom. The van der Waals surface area contributed by atoms with Crippen LogP contribution in [0.5, 0.6) is 5.75 Å². The van der Waals surface area contributed by atoms with Gasteiger partial charge in [0.15, 0.2) is 5.76 Å². The molecule has 5 rings (SSSR count). The van der Waals surface area contributed by atoms with E-state index in [0.29, 0.717) is 21.1 Å². The minimum atomic E-state index is -0.946. The predicted molar refractivity (Wildman–Crippen MR) is 129 cm³/mol. The summed E-state index contributed by atoms with van der Waals surface area (Å²) in [6, 6.07) is 18.2. The number of carbonyl (C=O) groups excluding carboxylic acids is 2. The first-order valence-electron chi connectivity index (χ1n) is 10.5. The molecule has 0 bridgehead atoms. The van der Waals surface area contributed by atoms with Gasteiger partial charge in [-0.15, -0.1) is 11.3 Å². The molecule has 8 heteroatoms. The SMILES string of the molecule is Cc1nc(-c2ccccc2)sc1C(=O)C1=C(O)C(=O)N(c2ccccc2O)C1c1ccncc1. The number of phenolic OH excluding ortho intramolecular Hbond substituents is 1. The Morgan fingerprint density at radius 1 is 0.971 bits per heavy atom. The molecule has 1 aliphatic rings. The van der Waals surface area contributed by atoms with Crippen molar-refractivity contribution in [3.63, 3.8) is 0 Å². The number of anilines is 1. The number of benzene rings is 2. The highest BCUT2D eigenvalue weighted by atomic mass is 32.1. The fourth-order valence-electron chi connectivity index (χ4n) is 4.05. The zero-order valence-corrected chi connectivity index (χ0v) is 18.9. The van der Waals surface area contributed by atoms with Gasteiger partial charge in [0.25, 0.3) is 5.91 Å². The number of carbonyl (C=O) groups is 2. The van der Waals surface area contributed by atoms with Gasteiger partial charge in [0.2, 0.25) is 5.78 Å². The molecule has 2 aromatic heterocycles. The van der Waals surface area contributed by atoms with Crippen LogP contribution in [0.25, 0.3) is 10.6 Å². The Hall–Kier alpha value is -4.30. The van der Waals surface area contributed by atoms with Crippen LogP contribution in [-0.4, -0.2) is 31.9 Å². The van der Waals surface area contributed by atoms with E-state index in [-0.39, 0.29) is 17.0 Å². The van der Waals surface area contributed by atoms with Crippen LogP contribution < -0.4 is 4.90 Å². The molecule has 0 radical (unpaired) electrons. The number of nitrogens with zero attached hydrogens (tertiary/aromatic N) is 3. The molecule has 1 atom stereocenters. The number of thiazole rings is 1. The minimum absolute atomic E-state index is 0.0641. The van der Waals surface area contributed by atoms with Crippen LogP contribution in [0.2, 0.25) is 0 Å². The number of pyridine rings is 1. The Bertz CT molecular complexity index is 1430. The van der Waals surface area contributed by atoms with Crippen LogP contribution in [0.15, 0.2) is 90.5 Å². The second-order valence-corrected chi connectivity index (χ2v) is 8.74. The molecule has 34 heavy (non-hydrogen) atoms. The fourth-order valence-corrected chi connectivity index (χ4v) is 5.07. The van der Waals surface area contributed by atoms with Crippen molar-refractivity contribution < 1.29 is 19.8 Å². The molecule has 0 fully saturated rings. The lowest BCUT2D eigenvalue weighted by Crippen LogP contribution is -2.31. The lowest BCUT2D eigenvalue weighted by Gasteiger charge is -2.27. The molecule has 3 heterocycles. The molecule has 1 aliphatic heterocycles. The highest BCUT2D eigenvalue weighted by molar-refractivity contribution is 7.17. The highest BCUT2D eigenvalue weighted by Crippen LogP contribution is 2.45. The van der Waals surface area contributed by atoms with Gasteiger partial charge in [-0.05, 0) is 36.8 Å². The van der Waals surface area contributed by atoms with Crippen LogP contribution in [-0.2, 0) is 4.79 Å². The summed E-state index contributed by atoms with van der Waals surface area (Å²) < 4.78 is 0. The maximum Gasteiger partial charge on any atom is 0.294 e. The second kappa shape index (κ2) is 8.57. The van der Waals surface area contributed by atoms with E-state index in [9.17, 15) is 19.8 Å². The average molecular weight is 470 g/mol. The van der Waals surface area contributed by atoms with Gasteiger partial charge in [0, 0.05) is 18.0 Å². The number of para-hydroxylation sites is 2. The van der Waals surface area contributed by atoms with E-state index in [1.807, 2.05) is 30.3 Å². The molecule has 4 aromatic rings. The number of phenols is 1. The van der Waals surface area contributed by atoms with Gasteiger partial charge in [-0.1, -0.05) is 42.5 Å². The Kier molecular flexibility index (Phi) is 5.43. The van der Waals surface area contributed by atoms with Gasteiger partial charge >= 0.3 is 0 Å². The summed E-state index contributed by atoms with van der Waals surface area (Å²) in [7, 11) is 0. The minimum Gasteiger partial charge on any atom is -0.506 e. The summed E-state index contributed by atoms with van der Waals surface area (Å²) in [5, 5.41) is 22.0. The number of ketones is 1. The number of hydrogen-bond donors (Lipinski definition) is 2. The first-order chi connectivity index (χ1) is 16.5. The summed E-state index contributed by atoms with van der Waals surface area (Å²) in [6.07, 6.45) is 3.09. The van der Waals surface area contributed by atoms with Crippen LogP contribution in [0.1, 0.15) is 27.0 Å². The largest absolute Gasteiger partial charge is 0.506 e. The highest BCUT2D eigenvalue weighted by Gasteiger charge is 2.46. The van der Waals surface area contributed by atoms with Gasteiger partial charge in [-0.25, -0.2) is 4.98 Å².